The first-order valence-electron chi connectivity index (χ1n) is 5.93. The Morgan fingerprint density at radius 3 is 2.68 bits per heavy atom. The van der Waals surface area contributed by atoms with Crippen molar-refractivity contribution in [1.82, 2.24) is 9.78 Å². The maximum absolute atomic E-state index is 11.6. The molecule has 2 aromatic rings. The minimum Gasteiger partial charge on any atom is -0.287 e. The van der Waals surface area contributed by atoms with Gasteiger partial charge in [0.2, 0.25) is 5.43 Å². The smallest absolute Gasteiger partial charge is 0.276 e. The van der Waals surface area contributed by atoms with Crippen LogP contribution in [-0.4, -0.2) is 15.0 Å². The van der Waals surface area contributed by atoms with Crippen LogP contribution < -0.4 is 5.43 Å². The predicted molar refractivity (Wildman–Crippen MR) is 74.1 cm³/mol. The van der Waals surface area contributed by atoms with Gasteiger partial charge in [0, 0.05) is 11.8 Å². The largest absolute Gasteiger partial charge is 0.287 e. The highest BCUT2D eigenvalue weighted by atomic mass is 35.5. The van der Waals surface area contributed by atoms with Crippen molar-refractivity contribution in [3.63, 3.8) is 0 Å². The van der Waals surface area contributed by atoms with Crippen molar-refractivity contribution in [2.45, 2.75) is 20.3 Å². The SMILES string of the molecule is CCc1ccccc1-n1nc(C(=O)Cl)c(=O)cc1C. The number of benzene rings is 1. The average Bonchev–Trinajstić information content (AvgIpc) is 2.38. The number of hydrogen-bond donors (Lipinski definition) is 0. The highest BCUT2D eigenvalue weighted by Crippen LogP contribution is 2.15. The fraction of sp³-hybridized carbons (Fsp3) is 0.214. The summed E-state index contributed by atoms with van der Waals surface area (Å²) in [5, 5.41) is 3.23. The summed E-state index contributed by atoms with van der Waals surface area (Å²) < 4.78 is 1.58. The maximum Gasteiger partial charge on any atom is 0.276 e. The van der Waals surface area contributed by atoms with Gasteiger partial charge in [0.15, 0.2) is 5.69 Å². The van der Waals surface area contributed by atoms with Crippen LogP contribution in [0.4, 0.5) is 0 Å². The van der Waals surface area contributed by atoms with E-state index >= 15 is 0 Å². The van der Waals surface area contributed by atoms with Crippen molar-refractivity contribution in [3.05, 3.63) is 57.5 Å². The molecule has 0 radical (unpaired) electrons. The van der Waals surface area contributed by atoms with Crippen LogP contribution in [0.2, 0.25) is 0 Å². The molecule has 1 aromatic heterocycles. The Kier molecular flexibility index (Phi) is 3.81. The van der Waals surface area contributed by atoms with Crippen LogP contribution >= 0.6 is 11.6 Å². The van der Waals surface area contributed by atoms with Crippen LogP contribution in [0.5, 0.6) is 0 Å². The van der Waals surface area contributed by atoms with Crippen LogP contribution in [0.3, 0.4) is 0 Å². The molecule has 0 amide bonds. The Morgan fingerprint density at radius 1 is 1.37 bits per heavy atom. The number of rotatable bonds is 3. The fourth-order valence-corrected chi connectivity index (χ4v) is 2.07. The fourth-order valence-electron chi connectivity index (χ4n) is 1.94. The van der Waals surface area contributed by atoms with Gasteiger partial charge in [-0.25, -0.2) is 4.68 Å². The van der Waals surface area contributed by atoms with E-state index in [0.29, 0.717) is 5.69 Å². The summed E-state index contributed by atoms with van der Waals surface area (Å²) in [5.41, 5.74) is 1.88. The summed E-state index contributed by atoms with van der Waals surface area (Å²) in [6.07, 6.45) is 0.827. The molecule has 0 spiro atoms. The highest BCUT2D eigenvalue weighted by Gasteiger charge is 2.14. The van der Waals surface area contributed by atoms with E-state index in [4.69, 9.17) is 11.6 Å². The molecule has 0 bridgehead atoms. The molecule has 0 saturated carbocycles. The molecule has 98 valence electrons. The third kappa shape index (κ3) is 2.58. The van der Waals surface area contributed by atoms with Crippen molar-refractivity contribution < 1.29 is 4.79 Å². The molecule has 0 aliphatic carbocycles. The van der Waals surface area contributed by atoms with E-state index in [2.05, 4.69) is 5.10 Å². The third-order valence-corrected chi connectivity index (χ3v) is 3.07. The first-order valence-corrected chi connectivity index (χ1v) is 6.31. The van der Waals surface area contributed by atoms with Crippen LogP contribution in [0, 0.1) is 6.92 Å². The summed E-state index contributed by atoms with van der Waals surface area (Å²) in [5.74, 6) is 0. The Hall–Kier alpha value is -1.94. The van der Waals surface area contributed by atoms with E-state index in [1.807, 2.05) is 31.2 Å². The number of para-hydroxylation sites is 1. The van der Waals surface area contributed by atoms with Gasteiger partial charge in [-0.15, -0.1) is 0 Å². The molecular formula is C14H13ClN2O2. The Bertz CT molecular complexity index is 692. The van der Waals surface area contributed by atoms with Crippen molar-refractivity contribution in [3.8, 4) is 5.69 Å². The number of carbonyl (C=O) groups excluding carboxylic acids is 1. The molecule has 1 heterocycles. The van der Waals surface area contributed by atoms with Gasteiger partial charge in [-0.2, -0.15) is 5.10 Å². The normalized spacial score (nSPS) is 10.5. The van der Waals surface area contributed by atoms with Gasteiger partial charge in [0.1, 0.15) is 0 Å². The lowest BCUT2D eigenvalue weighted by atomic mass is 10.1. The summed E-state index contributed by atoms with van der Waals surface area (Å²) in [6, 6.07) is 9.07. The van der Waals surface area contributed by atoms with Gasteiger partial charge in [0.05, 0.1) is 5.69 Å². The highest BCUT2D eigenvalue weighted by molar-refractivity contribution is 6.67. The molecule has 2 rings (SSSR count). The van der Waals surface area contributed by atoms with E-state index in [1.54, 1.807) is 11.6 Å². The average molecular weight is 277 g/mol. The monoisotopic (exact) mass is 276 g/mol. The second-order valence-corrected chi connectivity index (χ2v) is 4.51. The zero-order valence-corrected chi connectivity index (χ0v) is 11.4. The Morgan fingerprint density at radius 2 is 2.05 bits per heavy atom. The summed E-state index contributed by atoms with van der Waals surface area (Å²) in [7, 11) is 0. The number of halogens is 1. The number of nitrogens with zero attached hydrogens (tertiary/aromatic N) is 2. The van der Waals surface area contributed by atoms with Crippen LogP contribution in [0.1, 0.15) is 28.7 Å². The van der Waals surface area contributed by atoms with Gasteiger partial charge >= 0.3 is 0 Å². The number of aromatic nitrogens is 2. The summed E-state index contributed by atoms with van der Waals surface area (Å²) >= 11 is 5.38. The molecule has 5 heteroatoms. The summed E-state index contributed by atoms with van der Waals surface area (Å²) in [6.45, 7) is 3.80. The maximum atomic E-state index is 11.6. The van der Waals surface area contributed by atoms with Crippen molar-refractivity contribution in [2.24, 2.45) is 0 Å². The van der Waals surface area contributed by atoms with Gasteiger partial charge in [0.25, 0.3) is 5.24 Å². The lowest BCUT2D eigenvalue weighted by Crippen LogP contribution is -2.21. The molecule has 0 aliphatic heterocycles. The predicted octanol–water partition coefficient (Wildman–Crippen LogP) is 2.48. The second-order valence-electron chi connectivity index (χ2n) is 4.17. The minimum absolute atomic E-state index is 0.252. The Balaban J connectivity index is 2.72. The van der Waals surface area contributed by atoms with E-state index in [-0.39, 0.29) is 5.69 Å². The number of hydrogen-bond acceptors (Lipinski definition) is 3. The summed E-state index contributed by atoms with van der Waals surface area (Å²) in [4.78, 5) is 22.8. The van der Waals surface area contributed by atoms with Crippen molar-refractivity contribution in [1.29, 1.82) is 0 Å². The molecule has 4 nitrogen and oxygen atoms in total. The van der Waals surface area contributed by atoms with Gasteiger partial charge in [-0.3, -0.25) is 9.59 Å². The second kappa shape index (κ2) is 5.36. The molecule has 0 atom stereocenters. The van der Waals surface area contributed by atoms with Gasteiger partial charge in [-0.05, 0) is 36.6 Å². The molecule has 0 unspecified atom stereocenters. The molecule has 0 saturated heterocycles. The van der Waals surface area contributed by atoms with Crippen LogP contribution in [0.25, 0.3) is 5.69 Å². The number of aryl methyl sites for hydroxylation is 2. The lowest BCUT2D eigenvalue weighted by molar-refractivity contribution is 0.107. The van der Waals surface area contributed by atoms with E-state index in [0.717, 1.165) is 17.7 Å². The Labute approximate surface area is 115 Å². The molecular weight excluding hydrogens is 264 g/mol. The van der Waals surface area contributed by atoms with Crippen LogP contribution in [-0.2, 0) is 6.42 Å². The molecule has 0 N–H and O–H groups in total. The van der Waals surface area contributed by atoms with Crippen LogP contribution in [0.15, 0.2) is 35.1 Å². The van der Waals surface area contributed by atoms with Crippen molar-refractivity contribution >= 4 is 16.8 Å². The zero-order chi connectivity index (χ0) is 14.0. The topological polar surface area (TPSA) is 52.0 Å². The quantitative estimate of drug-likeness (QED) is 0.809. The molecule has 19 heavy (non-hydrogen) atoms. The molecule has 0 aliphatic rings. The molecule has 1 aromatic carbocycles. The van der Waals surface area contributed by atoms with E-state index in [1.165, 1.54) is 6.07 Å². The first-order chi connectivity index (χ1) is 9.04. The van der Waals surface area contributed by atoms with Gasteiger partial charge in [-0.1, -0.05) is 25.1 Å². The van der Waals surface area contributed by atoms with Gasteiger partial charge < -0.3 is 0 Å². The van der Waals surface area contributed by atoms with Crippen molar-refractivity contribution in [2.75, 3.05) is 0 Å². The standard InChI is InChI=1S/C14H13ClN2O2/c1-3-10-6-4-5-7-11(10)17-9(2)8-12(18)13(16-17)14(15)19/h4-8H,3H2,1-2H3. The zero-order valence-electron chi connectivity index (χ0n) is 10.7. The number of carbonyl (C=O) groups is 1. The lowest BCUT2D eigenvalue weighted by Gasteiger charge is -2.13. The first kappa shape index (κ1) is 13.5. The van der Waals surface area contributed by atoms with E-state index in [9.17, 15) is 9.59 Å². The van der Waals surface area contributed by atoms with E-state index < -0.39 is 10.7 Å². The minimum atomic E-state index is -0.840. The third-order valence-electron chi connectivity index (χ3n) is 2.89. The molecule has 0 fully saturated rings.